The molecule has 29 heavy (non-hydrogen) atoms. The van der Waals surface area contributed by atoms with E-state index in [1.165, 1.54) is 55.3 Å². The Hall–Kier alpha value is -3.52. The fourth-order valence-corrected chi connectivity index (χ4v) is 5.17. The number of aromatic nitrogens is 1. The van der Waals surface area contributed by atoms with Crippen LogP contribution in [0.4, 0.5) is 5.69 Å². The van der Waals surface area contributed by atoms with Crippen molar-refractivity contribution < 1.29 is 0 Å². The summed E-state index contributed by atoms with van der Waals surface area (Å²) in [6, 6.07) is 30.9. The molecular formula is C27H22N2. The molecule has 0 saturated heterocycles. The van der Waals surface area contributed by atoms with Crippen LogP contribution in [0.15, 0.2) is 84.9 Å². The van der Waals surface area contributed by atoms with E-state index >= 15 is 0 Å². The molecule has 140 valence electrons. The summed E-state index contributed by atoms with van der Waals surface area (Å²) in [5.74, 6) is 0. The monoisotopic (exact) mass is 374 g/mol. The second-order valence-electron chi connectivity index (χ2n) is 7.99. The van der Waals surface area contributed by atoms with Gasteiger partial charge in [0.05, 0.1) is 11.7 Å². The van der Waals surface area contributed by atoms with E-state index in [1.807, 2.05) is 0 Å². The molecule has 0 aliphatic carbocycles. The van der Waals surface area contributed by atoms with E-state index < -0.39 is 0 Å². The van der Waals surface area contributed by atoms with Gasteiger partial charge < -0.3 is 9.88 Å². The molecule has 1 atom stereocenters. The van der Waals surface area contributed by atoms with Crippen LogP contribution in [0.1, 0.15) is 22.9 Å². The molecule has 0 saturated carbocycles. The Labute approximate surface area is 170 Å². The third-order valence-electron chi connectivity index (χ3n) is 6.40. The van der Waals surface area contributed by atoms with Crippen molar-refractivity contribution >= 4 is 27.4 Å². The van der Waals surface area contributed by atoms with Crippen molar-refractivity contribution in [2.45, 2.75) is 13.0 Å². The van der Waals surface area contributed by atoms with Crippen molar-refractivity contribution in [2.75, 3.05) is 11.9 Å². The third-order valence-corrected chi connectivity index (χ3v) is 6.40. The minimum absolute atomic E-state index is 0.167. The molecule has 1 N–H and O–H groups in total. The molecule has 1 aliphatic rings. The number of anilines is 1. The maximum atomic E-state index is 3.61. The number of aromatic amines is 1. The molecule has 1 unspecified atom stereocenters. The van der Waals surface area contributed by atoms with Crippen LogP contribution in [0.2, 0.25) is 0 Å². The Morgan fingerprint density at radius 3 is 2.34 bits per heavy atom. The van der Waals surface area contributed by atoms with Crippen LogP contribution in [-0.4, -0.2) is 12.0 Å². The van der Waals surface area contributed by atoms with Gasteiger partial charge in [0.1, 0.15) is 0 Å². The van der Waals surface area contributed by atoms with Gasteiger partial charge in [-0.25, -0.2) is 0 Å². The van der Waals surface area contributed by atoms with Crippen LogP contribution in [0.25, 0.3) is 32.8 Å². The summed E-state index contributed by atoms with van der Waals surface area (Å²) in [6.45, 7) is 2.20. The predicted octanol–water partition coefficient (Wildman–Crippen LogP) is 6.84. The van der Waals surface area contributed by atoms with Crippen LogP contribution in [0.3, 0.4) is 0 Å². The smallest absolute Gasteiger partial charge is 0.0822 e. The highest BCUT2D eigenvalue weighted by Crippen LogP contribution is 2.50. The van der Waals surface area contributed by atoms with Crippen LogP contribution in [0.5, 0.6) is 0 Å². The molecule has 0 bridgehead atoms. The van der Waals surface area contributed by atoms with Gasteiger partial charge in [-0.3, -0.25) is 0 Å². The normalized spacial score (nSPS) is 15.5. The number of hydrogen-bond donors (Lipinski definition) is 1. The molecule has 0 fully saturated rings. The van der Waals surface area contributed by atoms with Crippen LogP contribution in [0, 0.1) is 6.92 Å². The summed E-state index contributed by atoms with van der Waals surface area (Å²) in [4.78, 5) is 6.09. The quantitative estimate of drug-likeness (QED) is 0.340. The molecule has 4 aromatic carbocycles. The summed E-state index contributed by atoms with van der Waals surface area (Å²) < 4.78 is 0. The molecule has 6 rings (SSSR count). The zero-order valence-corrected chi connectivity index (χ0v) is 16.6. The van der Waals surface area contributed by atoms with E-state index in [-0.39, 0.29) is 6.04 Å². The van der Waals surface area contributed by atoms with E-state index in [9.17, 15) is 0 Å². The molecule has 1 aromatic heterocycles. The van der Waals surface area contributed by atoms with E-state index in [0.29, 0.717) is 0 Å². The van der Waals surface area contributed by atoms with E-state index in [4.69, 9.17) is 0 Å². The molecule has 2 nitrogen and oxygen atoms in total. The average Bonchev–Trinajstić information content (AvgIpc) is 3.09. The standard InChI is InChI=1S/C27H22N2/c1-17-25(23-13-7-8-14-24(23)28-17)27-21-12-6-5-11-20(21)22-16-15-18-9-3-4-10-19(18)26(22)29(27)2/h3-16,27-28H,1-2H3. The minimum atomic E-state index is 0.167. The SMILES string of the molecule is Cc1[nH]c2ccccc2c1C1c2ccccc2-c2ccc3ccccc3c2N1C. The molecule has 2 heteroatoms. The van der Waals surface area contributed by atoms with Gasteiger partial charge in [-0.1, -0.05) is 78.9 Å². The van der Waals surface area contributed by atoms with Crippen LogP contribution in [-0.2, 0) is 0 Å². The van der Waals surface area contributed by atoms with Crippen molar-refractivity contribution in [3.63, 3.8) is 0 Å². The topological polar surface area (TPSA) is 19.0 Å². The van der Waals surface area contributed by atoms with Crippen molar-refractivity contribution in [1.82, 2.24) is 4.98 Å². The van der Waals surface area contributed by atoms with Crippen molar-refractivity contribution in [3.8, 4) is 11.1 Å². The molecule has 1 aliphatic heterocycles. The highest BCUT2D eigenvalue weighted by Gasteiger charge is 2.33. The lowest BCUT2D eigenvalue weighted by molar-refractivity contribution is 0.777. The fourth-order valence-electron chi connectivity index (χ4n) is 5.17. The number of nitrogens with zero attached hydrogens (tertiary/aromatic N) is 1. The van der Waals surface area contributed by atoms with Crippen LogP contribution >= 0.6 is 0 Å². The highest BCUT2D eigenvalue weighted by atomic mass is 15.1. The fraction of sp³-hybridized carbons (Fsp3) is 0.111. The summed E-state index contributed by atoms with van der Waals surface area (Å²) in [5, 5.41) is 3.90. The van der Waals surface area contributed by atoms with Crippen molar-refractivity contribution in [3.05, 3.63) is 102 Å². The maximum absolute atomic E-state index is 3.61. The third kappa shape index (κ3) is 2.23. The molecule has 0 amide bonds. The van der Waals surface area contributed by atoms with Gasteiger partial charge >= 0.3 is 0 Å². The van der Waals surface area contributed by atoms with Gasteiger partial charge in [0, 0.05) is 40.2 Å². The first-order chi connectivity index (χ1) is 14.2. The van der Waals surface area contributed by atoms with Crippen molar-refractivity contribution in [2.24, 2.45) is 0 Å². The lowest BCUT2D eigenvalue weighted by Gasteiger charge is -2.39. The molecule has 0 spiro atoms. The summed E-state index contributed by atoms with van der Waals surface area (Å²) in [6.07, 6.45) is 0. The number of benzene rings is 4. The Bertz CT molecular complexity index is 1390. The first kappa shape index (κ1) is 16.4. The van der Waals surface area contributed by atoms with Gasteiger partial charge in [-0.05, 0) is 29.5 Å². The van der Waals surface area contributed by atoms with Gasteiger partial charge in [0.25, 0.3) is 0 Å². The summed E-state index contributed by atoms with van der Waals surface area (Å²) in [7, 11) is 2.24. The lowest BCUT2D eigenvalue weighted by Crippen LogP contribution is -2.29. The number of aryl methyl sites for hydroxylation is 1. The number of hydrogen-bond acceptors (Lipinski definition) is 1. The van der Waals surface area contributed by atoms with E-state index in [1.54, 1.807) is 0 Å². The second kappa shape index (κ2) is 5.99. The van der Waals surface area contributed by atoms with E-state index in [0.717, 1.165) is 0 Å². The second-order valence-corrected chi connectivity index (χ2v) is 7.99. The predicted molar refractivity (Wildman–Crippen MR) is 123 cm³/mol. The number of nitrogens with one attached hydrogen (secondary N) is 1. The van der Waals surface area contributed by atoms with E-state index in [2.05, 4.69) is 109 Å². The Balaban J connectivity index is 1.72. The van der Waals surface area contributed by atoms with Gasteiger partial charge in [-0.2, -0.15) is 0 Å². The van der Waals surface area contributed by atoms with Gasteiger partial charge in [0.15, 0.2) is 0 Å². The number of rotatable bonds is 1. The zero-order chi connectivity index (χ0) is 19.5. The highest BCUT2D eigenvalue weighted by molar-refractivity contribution is 6.04. The van der Waals surface area contributed by atoms with Gasteiger partial charge in [0.2, 0.25) is 0 Å². The lowest BCUT2D eigenvalue weighted by atomic mass is 9.83. The molecule has 0 radical (unpaired) electrons. The number of fused-ring (bicyclic) bond motifs is 6. The Morgan fingerprint density at radius 1 is 0.724 bits per heavy atom. The first-order valence-electron chi connectivity index (χ1n) is 10.1. The maximum Gasteiger partial charge on any atom is 0.0822 e. The summed E-state index contributed by atoms with van der Waals surface area (Å²) in [5.41, 5.74) is 9.14. The van der Waals surface area contributed by atoms with Crippen LogP contribution < -0.4 is 4.90 Å². The minimum Gasteiger partial charge on any atom is -0.362 e. The average molecular weight is 374 g/mol. The molecule has 5 aromatic rings. The van der Waals surface area contributed by atoms with Crippen molar-refractivity contribution in [1.29, 1.82) is 0 Å². The summed E-state index contributed by atoms with van der Waals surface area (Å²) >= 11 is 0. The molecule has 2 heterocycles. The zero-order valence-electron chi connectivity index (χ0n) is 16.6. The first-order valence-corrected chi connectivity index (χ1v) is 10.1. The van der Waals surface area contributed by atoms with Gasteiger partial charge in [-0.15, -0.1) is 0 Å². The number of H-pyrrole nitrogens is 1. The Kier molecular flexibility index (Phi) is 3.39. The molecular weight excluding hydrogens is 352 g/mol. The number of para-hydroxylation sites is 1. The largest absolute Gasteiger partial charge is 0.362 e. The Morgan fingerprint density at radius 2 is 1.45 bits per heavy atom.